The van der Waals surface area contributed by atoms with Crippen LogP contribution in [0.5, 0.6) is 0 Å². The third-order valence-corrected chi connectivity index (χ3v) is 4.83. The van der Waals surface area contributed by atoms with Gasteiger partial charge in [0, 0.05) is 19.7 Å². The molecular formula is C9H16F3NO3S. The van der Waals surface area contributed by atoms with Crippen LogP contribution in [0, 0.1) is 5.92 Å². The van der Waals surface area contributed by atoms with Crippen LogP contribution in [0.15, 0.2) is 0 Å². The summed E-state index contributed by atoms with van der Waals surface area (Å²) in [5.74, 6) is -1.60. The Morgan fingerprint density at radius 1 is 1.24 bits per heavy atom. The van der Waals surface area contributed by atoms with Crippen molar-refractivity contribution in [3.63, 3.8) is 0 Å². The van der Waals surface area contributed by atoms with Crippen molar-refractivity contribution in [2.45, 2.75) is 25.4 Å². The number of rotatable bonds is 4. The van der Waals surface area contributed by atoms with Crippen molar-refractivity contribution in [3.05, 3.63) is 0 Å². The van der Waals surface area contributed by atoms with Crippen molar-refractivity contribution >= 4 is 10.0 Å². The predicted octanol–water partition coefficient (Wildman–Crippen LogP) is 0.973. The summed E-state index contributed by atoms with van der Waals surface area (Å²) in [6, 6.07) is 0. The summed E-state index contributed by atoms with van der Waals surface area (Å²) in [7, 11) is -3.51. The number of sulfonamides is 1. The molecule has 102 valence electrons. The van der Waals surface area contributed by atoms with Gasteiger partial charge in [-0.15, -0.1) is 0 Å². The predicted molar refractivity (Wildman–Crippen MR) is 55.8 cm³/mol. The highest BCUT2D eigenvalue weighted by atomic mass is 32.2. The van der Waals surface area contributed by atoms with Crippen LogP contribution in [0.25, 0.3) is 0 Å². The Morgan fingerprint density at radius 2 is 1.76 bits per heavy atom. The molecule has 0 unspecified atom stereocenters. The third kappa shape index (κ3) is 4.11. The van der Waals surface area contributed by atoms with Gasteiger partial charge in [0.2, 0.25) is 10.0 Å². The number of aliphatic hydroxyl groups is 1. The largest absolute Gasteiger partial charge is 0.396 e. The molecule has 0 aromatic rings. The molecule has 1 saturated heterocycles. The summed E-state index contributed by atoms with van der Waals surface area (Å²) >= 11 is 0. The molecule has 1 aliphatic heterocycles. The molecule has 1 rings (SSSR count). The molecular weight excluding hydrogens is 259 g/mol. The zero-order chi connectivity index (χ0) is 13.1. The van der Waals surface area contributed by atoms with E-state index in [1.54, 1.807) is 0 Å². The standard InChI is InChI=1S/C9H16F3NO3S/c10-9(11,12)8-2-4-13(5-3-8)17(15,16)7-1-6-14/h8,14H,1-7H2. The minimum absolute atomic E-state index is 0.0854. The van der Waals surface area contributed by atoms with Gasteiger partial charge >= 0.3 is 6.18 Å². The first-order valence-corrected chi connectivity index (χ1v) is 7.03. The van der Waals surface area contributed by atoms with Crippen molar-refractivity contribution in [2.24, 2.45) is 5.92 Å². The van der Waals surface area contributed by atoms with Crippen LogP contribution >= 0.6 is 0 Å². The van der Waals surface area contributed by atoms with E-state index in [4.69, 9.17) is 5.11 Å². The lowest BCUT2D eigenvalue weighted by Gasteiger charge is -2.32. The third-order valence-electron chi connectivity index (χ3n) is 2.87. The van der Waals surface area contributed by atoms with Crippen molar-refractivity contribution in [2.75, 3.05) is 25.4 Å². The topological polar surface area (TPSA) is 57.6 Å². The normalized spacial score (nSPS) is 20.7. The van der Waals surface area contributed by atoms with Crippen LogP contribution in [0.1, 0.15) is 19.3 Å². The smallest absolute Gasteiger partial charge is 0.391 e. The lowest BCUT2D eigenvalue weighted by Crippen LogP contribution is -2.43. The number of hydrogen-bond donors (Lipinski definition) is 1. The molecule has 0 radical (unpaired) electrons. The summed E-state index contributed by atoms with van der Waals surface area (Å²) in [5.41, 5.74) is 0. The highest BCUT2D eigenvalue weighted by Crippen LogP contribution is 2.34. The first-order chi connectivity index (χ1) is 7.77. The lowest BCUT2D eigenvalue weighted by atomic mass is 9.98. The maximum Gasteiger partial charge on any atom is 0.391 e. The minimum Gasteiger partial charge on any atom is -0.396 e. The molecule has 17 heavy (non-hydrogen) atoms. The Hall–Kier alpha value is -0.340. The van der Waals surface area contributed by atoms with Crippen LogP contribution in [-0.4, -0.2) is 49.5 Å². The Kier molecular flexibility index (Phi) is 4.79. The van der Waals surface area contributed by atoms with Crippen molar-refractivity contribution in [1.29, 1.82) is 0 Å². The molecule has 0 aliphatic carbocycles. The quantitative estimate of drug-likeness (QED) is 0.832. The van der Waals surface area contributed by atoms with E-state index in [-0.39, 0.29) is 44.7 Å². The zero-order valence-electron chi connectivity index (χ0n) is 9.28. The average molecular weight is 275 g/mol. The average Bonchev–Trinajstić information content (AvgIpc) is 2.25. The molecule has 0 atom stereocenters. The molecule has 0 saturated carbocycles. The second-order valence-electron chi connectivity index (χ2n) is 4.11. The molecule has 1 fully saturated rings. The Balaban J connectivity index is 2.52. The summed E-state index contributed by atoms with van der Waals surface area (Å²) in [4.78, 5) is 0. The second-order valence-corrected chi connectivity index (χ2v) is 6.20. The maximum absolute atomic E-state index is 12.4. The molecule has 8 heteroatoms. The van der Waals surface area contributed by atoms with Crippen LogP contribution in [-0.2, 0) is 10.0 Å². The molecule has 0 amide bonds. The van der Waals surface area contributed by atoms with Gasteiger partial charge in [0.25, 0.3) is 0 Å². The van der Waals surface area contributed by atoms with Gasteiger partial charge < -0.3 is 5.11 Å². The number of alkyl halides is 3. The van der Waals surface area contributed by atoms with Crippen LogP contribution in [0.3, 0.4) is 0 Å². The van der Waals surface area contributed by atoms with Gasteiger partial charge in [-0.3, -0.25) is 0 Å². The summed E-state index contributed by atoms with van der Waals surface area (Å²) in [5, 5.41) is 8.54. The van der Waals surface area contributed by atoms with E-state index in [9.17, 15) is 21.6 Å². The second kappa shape index (κ2) is 5.53. The zero-order valence-corrected chi connectivity index (χ0v) is 10.1. The molecule has 0 bridgehead atoms. The number of halogens is 3. The van der Waals surface area contributed by atoms with Crippen molar-refractivity contribution < 1.29 is 26.7 Å². The molecule has 4 nitrogen and oxygen atoms in total. The Bertz CT molecular complexity index is 334. The van der Waals surface area contributed by atoms with E-state index in [1.165, 1.54) is 0 Å². The van der Waals surface area contributed by atoms with Crippen molar-refractivity contribution in [1.82, 2.24) is 4.31 Å². The first kappa shape index (κ1) is 14.7. The van der Waals surface area contributed by atoms with E-state index in [2.05, 4.69) is 0 Å². The number of aliphatic hydroxyl groups excluding tert-OH is 1. The number of piperidine rings is 1. The fourth-order valence-corrected chi connectivity index (χ4v) is 3.36. The fraction of sp³-hybridized carbons (Fsp3) is 1.00. The number of hydrogen-bond acceptors (Lipinski definition) is 3. The van der Waals surface area contributed by atoms with Gasteiger partial charge in [0.1, 0.15) is 0 Å². The van der Waals surface area contributed by atoms with Gasteiger partial charge in [0.05, 0.1) is 11.7 Å². The van der Waals surface area contributed by atoms with Gasteiger partial charge in [0.15, 0.2) is 0 Å². The molecule has 1 aliphatic rings. The molecule has 1 heterocycles. The monoisotopic (exact) mass is 275 g/mol. The Morgan fingerprint density at radius 3 is 2.18 bits per heavy atom. The van der Waals surface area contributed by atoms with E-state index >= 15 is 0 Å². The summed E-state index contributed by atoms with van der Waals surface area (Å²) in [6.07, 6.45) is -4.48. The summed E-state index contributed by atoms with van der Waals surface area (Å²) in [6.45, 7) is -0.409. The highest BCUT2D eigenvalue weighted by molar-refractivity contribution is 7.89. The van der Waals surface area contributed by atoms with Crippen molar-refractivity contribution in [3.8, 4) is 0 Å². The van der Waals surface area contributed by atoms with E-state index in [0.717, 1.165) is 4.31 Å². The molecule has 0 spiro atoms. The first-order valence-electron chi connectivity index (χ1n) is 5.43. The Labute approximate surface area is 98.5 Å². The SMILES string of the molecule is O=S(=O)(CCCO)N1CCC(C(F)(F)F)CC1. The van der Waals surface area contributed by atoms with Gasteiger partial charge in [-0.2, -0.15) is 13.2 Å². The van der Waals surface area contributed by atoms with E-state index in [1.807, 2.05) is 0 Å². The summed E-state index contributed by atoms with van der Waals surface area (Å²) < 4.78 is 61.5. The maximum atomic E-state index is 12.4. The van der Waals surface area contributed by atoms with Crippen LogP contribution in [0.4, 0.5) is 13.2 Å². The lowest BCUT2D eigenvalue weighted by molar-refractivity contribution is -0.182. The molecule has 0 aromatic carbocycles. The number of nitrogens with zero attached hydrogens (tertiary/aromatic N) is 1. The highest BCUT2D eigenvalue weighted by Gasteiger charge is 2.42. The van der Waals surface area contributed by atoms with Gasteiger partial charge in [-0.1, -0.05) is 0 Å². The fourth-order valence-electron chi connectivity index (χ4n) is 1.84. The molecule has 0 aromatic heterocycles. The van der Waals surface area contributed by atoms with Crippen LogP contribution < -0.4 is 0 Å². The van der Waals surface area contributed by atoms with E-state index < -0.39 is 22.1 Å². The molecule has 1 N–H and O–H groups in total. The van der Waals surface area contributed by atoms with Gasteiger partial charge in [-0.05, 0) is 19.3 Å². The van der Waals surface area contributed by atoms with Crippen LogP contribution in [0.2, 0.25) is 0 Å². The van der Waals surface area contributed by atoms with E-state index in [0.29, 0.717) is 0 Å². The minimum atomic E-state index is -4.24. The van der Waals surface area contributed by atoms with Gasteiger partial charge in [-0.25, -0.2) is 12.7 Å².